The molecule has 7 nitrogen and oxygen atoms in total. The second-order valence-corrected chi connectivity index (χ2v) is 5.71. The van der Waals surface area contributed by atoms with Crippen LogP contribution in [0.4, 0.5) is 0 Å². The van der Waals surface area contributed by atoms with Crippen LogP contribution in [0.5, 0.6) is 11.5 Å². The van der Waals surface area contributed by atoms with E-state index in [2.05, 4.69) is 0 Å². The van der Waals surface area contributed by atoms with Crippen LogP contribution in [0.1, 0.15) is 17.3 Å². The van der Waals surface area contributed by atoms with E-state index in [0.29, 0.717) is 29.3 Å². The van der Waals surface area contributed by atoms with Gasteiger partial charge in [0.15, 0.2) is 6.79 Å². The number of ether oxygens (including phenoxy) is 3. The second-order valence-electron chi connectivity index (χ2n) is 5.71. The maximum Gasteiger partial charge on any atom is 0.341 e. The molecule has 1 heterocycles. The van der Waals surface area contributed by atoms with Crippen LogP contribution in [-0.4, -0.2) is 36.2 Å². The molecule has 0 radical (unpaired) electrons. The number of benzene rings is 2. The Labute approximate surface area is 155 Å². The van der Waals surface area contributed by atoms with Gasteiger partial charge < -0.3 is 23.9 Å². The molecule has 0 amide bonds. The van der Waals surface area contributed by atoms with Crippen molar-refractivity contribution in [3.05, 3.63) is 64.4 Å². The van der Waals surface area contributed by atoms with Crippen molar-refractivity contribution < 1.29 is 24.1 Å². The smallest absolute Gasteiger partial charge is 0.341 e. The Hall–Kier alpha value is -3.32. The SMILES string of the molecule is CCOc1cccc(-n2cc(C(=O)O)c(=O)c3ccc(OCOC)cc32)c1. The molecule has 0 unspecified atom stereocenters. The molecule has 0 aliphatic rings. The van der Waals surface area contributed by atoms with Gasteiger partial charge in [0.05, 0.1) is 12.1 Å². The molecule has 3 aromatic rings. The van der Waals surface area contributed by atoms with Gasteiger partial charge in [-0.1, -0.05) is 6.07 Å². The van der Waals surface area contributed by atoms with Crippen molar-refractivity contribution in [3.8, 4) is 17.2 Å². The summed E-state index contributed by atoms with van der Waals surface area (Å²) in [4.78, 5) is 24.1. The molecule has 0 bridgehead atoms. The third kappa shape index (κ3) is 3.78. The summed E-state index contributed by atoms with van der Waals surface area (Å²) in [5.41, 5.74) is 0.326. The molecule has 27 heavy (non-hydrogen) atoms. The number of carboxylic acid groups (broad SMARTS) is 1. The third-order valence-electron chi connectivity index (χ3n) is 3.96. The van der Waals surface area contributed by atoms with Gasteiger partial charge in [-0.2, -0.15) is 0 Å². The van der Waals surface area contributed by atoms with Gasteiger partial charge in [0.25, 0.3) is 0 Å². The second kappa shape index (κ2) is 7.92. The predicted octanol–water partition coefficient (Wildman–Crippen LogP) is 3.07. The molecule has 0 aliphatic carbocycles. The van der Waals surface area contributed by atoms with E-state index in [-0.39, 0.29) is 17.7 Å². The molecule has 0 atom stereocenters. The Kier molecular flexibility index (Phi) is 5.42. The lowest BCUT2D eigenvalue weighted by Crippen LogP contribution is -2.18. The van der Waals surface area contributed by atoms with Crippen LogP contribution in [-0.2, 0) is 4.74 Å². The van der Waals surface area contributed by atoms with E-state index in [1.807, 2.05) is 13.0 Å². The average molecular weight is 369 g/mol. The van der Waals surface area contributed by atoms with Crippen LogP contribution < -0.4 is 14.9 Å². The summed E-state index contributed by atoms with van der Waals surface area (Å²) in [5, 5.41) is 9.71. The van der Waals surface area contributed by atoms with Gasteiger partial charge in [-0.05, 0) is 31.2 Å². The molecule has 0 aliphatic heterocycles. The highest BCUT2D eigenvalue weighted by atomic mass is 16.7. The summed E-state index contributed by atoms with van der Waals surface area (Å²) < 4.78 is 17.5. The number of aromatic carboxylic acids is 1. The predicted molar refractivity (Wildman–Crippen MR) is 100 cm³/mol. The van der Waals surface area contributed by atoms with E-state index < -0.39 is 11.4 Å². The average Bonchev–Trinajstić information content (AvgIpc) is 2.67. The van der Waals surface area contributed by atoms with Gasteiger partial charge in [-0.3, -0.25) is 4.79 Å². The molecule has 1 N–H and O–H groups in total. The summed E-state index contributed by atoms with van der Waals surface area (Å²) in [6.45, 7) is 2.44. The van der Waals surface area contributed by atoms with Crippen molar-refractivity contribution in [3.63, 3.8) is 0 Å². The highest BCUT2D eigenvalue weighted by Gasteiger charge is 2.16. The Morgan fingerprint density at radius 2 is 1.89 bits per heavy atom. The fourth-order valence-electron chi connectivity index (χ4n) is 2.78. The molecular weight excluding hydrogens is 350 g/mol. The topological polar surface area (TPSA) is 87.0 Å². The van der Waals surface area contributed by atoms with Gasteiger partial charge in [0.1, 0.15) is 17.1 Å². The first-order valence-electron chi connectivity index (χ1n) is 8.32. The van der Waals surface area contributed by atoms with Crippen LogP contribution in [0.25, 0.3) is 16.6 Å². The maximum atomic E-state index is 12.6. The highest BCUT2D eigenvalue weighted by Crippen LogP contribution is 2.25. The Morgan fingerprint density at radius 3 is 2.59 bits per heavy atom. The van der Waals surface area contributed by atoms with Crippen molar-refractivity contribution >= 4 is 16.9 Å². The van der Waals surface area contributed by atoms with Crippen LogP contribution >= 0.6 is 0 Å². The Balaban J connectivity index is 2.27. The third-order valence-corrected chi connectivity index (χ3v) is 3.96. The van der Waals surface area contributed by atoms with Crippen molar-refractivity contribution in [2.75, 3.05) is 20.5 Å². The van der Waals surface area contributed by atoms with Gasteiger partial charge in [0.2, 0.25) is 5.43 Å². The lowest BCUT2D eigenvalue weighted by molar-refractivity contribution is 0.0512. The number of hydrogen-bond donors (Lipinski definition) is 1. The number of aromatic nitrogens is 1. The summed E-state index contributed by atoms with van der Waals surface area (Å²) in [5.74, 6) is -0.136. The number of hydrogen-bond acceptors (Lipinski definition) is 5. The number of carboxylic acids is 1. The summed E-state index contributed by atoms with van der Waals surface area (Å²) in [7, 11) is 1.51. The van der Waals surface area contributed by atoms with Gasteiger partial charge in [-0.15, -0.1) is 0 Å². The van der Waals surface area contributed by atoms with Gasteiger partial charge in [-0.25, -0.2) is 4.79 Å². The minimum Gasteiger partial charge on any atom is -0.494 e. The van der Waals surface area contributed by atoms with Gasteiger partial charge >= 0.3 is 5.97 Å². The molecule has 0 fully saturated rings. The normalized spacial score (nSPS) is 10.7. The molecule has 7 heteroatoms. The van der Waals surface area contributed by atoms with E-state index in [9.17, 15) is 14.7 Å². The Morgan fingerprint density at radius 1 is 1.11 bits per heavy atom. The zero-order valence-electron chi connectivity index (χ0n) is 15.0. The number of rotatable bonds is 7. The lowest BCUT2D eigenvalue weighted by Gasteiger charge is -2.15. The monoisotopic (exact) mass is 369 g/mol. The highest BCUT2D eigenvalue weighted by molar-refractivity contribution is 5.93. The molecule has 2 aromatic carbocycles. The van der Waals surface area contributed by atoms with E-state index in [1.54, 1.807) is 41.0 Å². The van der Waals surface area contributed by atoms with Gasteiger partial charge in [0, 0.05) is 36.5 Å². The quantitative estimate of drug-likeness (QED) is 0.644. The summed E-state index contributed by atoms with van der Waals surface area (Å²) >= 11 is 0. The number of carbonyl (C=O) groups is 1. The van der Waals surface area contributed by atoms with E-state index in [0.717, 1.165) is 0 Å². The van der Waals surface area contributed by atoms with Crippen molar-refractivity contribution in [1.82, 2.24) is 4.57 Å². The largest absolute Gasteiger partial charge is 0.494 e. The fourth-order valence-corrected chi connectivity index (χ4v) is 2.78. The zero-order chi connectivity index (χ0) is 19.4. The molecule has 0 saturated heterocycles. The molecule has 140 valence electrons. The first-order valence-corrected chi connectivity index (χ1v) is 8.32. The first kappa shape index (κ1) is 18.5. The minimum absolute atomic E-state index is 0.0583. The fraction of sp³-hybridized carbons (Fsp3) is 0.200. The van der Waals surface area contributed by atoms with Crippen molar-refractivity contribution in [2.24, 2.45) is 0 Å². The number of nitrogens with zero attached hydrogens (tertiary/aromatic N) is 1. The summed E-state index contributed by atoms with van der Waals surface area (Å²) in [6.07, 6.45) is 1.32. The standard InChI is InChI=1S/C20H19NO6/c1-3-26-14-6-4-5-13(9-14)21-11-17(20(23)24)19(22)16-8-7-15(10-18(16)21)27-12-25-2/h4-11H,3,12H2,1-2H3,(H,23,24). The maximum absolute atomic E-state index is 12.6. The van der Waals surface area contributed by atoms with Crippen LogP contribution in [0.3, 0.4) is 0 Å². The summed E-state index contributed by atoms with van der Waals surface area (Å²) in [6, 6.07) is 12.0. The molecule has 0 saturated carbocycles. The molecular formula is C20H19NO6. The van der Waals surface area contributed by atoms with E-state index >= 15 is 0 Å². The minimum atomic E-state index is -1.28. The lowest BCUT2D eigenvalue weighted by atomic mass is 10.1. The van der Waals surface area contributed by atoms with Crippen LogP contribution in [0.2, 0.25) is 0 Å². The van der Waals surface area contributed by atoms with Crippen LogP contribution in [0.15, 0.2) is 53.5 Å². The molecule has 3 rings (SSSR count). The zero-order valence-corrected chi connectivity index (χ0v) is 15.0. The number of pyridine rings is 1. The molecule has 0 spiro atoms. The number of fused-ring (bicyclic) bond motifs is 1. The first-order chi connectivity index (χ1) is 13.0. The van der Waals surface area contributed by atoms with Crippen LogP contribution in [0, 0.1) is 0 Å². The van der Waals surface area contributed by atoms with Crippen molar-refractivity contribution in [2.45, 2.75) is 6.92 Å². The number of methoxy groups -OCH3 is 1. The Bertz CT molecular complexity index is 1040. The van der Waals surface area contributed by atoms with E-state index in [1.165, 1.54) is 13.3 Å². The molecule has 1 aromatic heterocycles. The van der Waals surface area contributed by atoms with E-state index in [4.69, 9.17) is 14.2 Å². The van der Waals surface area contributed by atoms with Crippen molar-refractivity contribution in [1.29, 1.82) is 0 Å².